The molecule has 3 nitrogen and oxygen atoms in total. The third-order valence-electron chi connectivity index (χ3n) is 1.95. The average molecular weight is 175 g/mol. The van der Waals surface area contributed by atoms with Crippen LogP contribution in [-0.2, 0) is 9.47 Å². The van der Waals surface area contributed by atoms with Crippen molar-refractivity contribution in [2.45, 2.75) is 45.5 Å². The van der Waals surface area contributed by atoms with E-state index in [1.165, 1.54) is 0 Å². The van der Waals surface area contributed by atoms with E-state index in [4.69, 9.17) is 15.2 Å². The van der Waals surface area contributed by atoms with Gasteiger partial charge >= 0.3 is 0 Å². The fourth-order valence-electron chi connectivity index (χ4n) is 0.963. The lowest BCUT2D eigenvalue weighted by atomic mass is 10.0. The largest absolute Gasteiger partial charge is 0.376 e. The minimum atomic E-state index is -0.307. The maximum atomic E-state index is 5.61. The Morgan fingerprint density at radius 2 is 1.83 bits per heavy atom. The first kappa shape index (κ1) is 11.9. The molecule has 0 aromatic rings. The Kier molecular flexibility index (Phi) is 4.75. The van der Waals surface area contributed by atoms with Crippen LogP contribution in [0.25, 0.3) is 0 Å². The summed E-state index contributed by atoms with van der Waals surface area (Å²) in [5.74, 6) is 0. The maximum Gasteiger partial charge on any atom is 0.0984 e. The standard InChI is InChI=1S/C9H21NO2/c1-7(2)12-8(6-10)9(3,4)11-5/h7-8H,6,10H2,1-5H3. The summed E-state index contributed by atoms with van der Waals surface area (Å²) < 4.78 is 10.9. The molecule has 0 saturated heterocycles. The van der Waals surface area contributed by atoms with Crippen LogP contribution in [0.5, 0.6) is 0 Å². The molecule has 74 valence electrons. The Bertz CT molecular complexity index is 124. The van der Waals surface area contributed by atoms with Crippen LogP contribution < -0.4 is 5.73 Å². The monoisotopic (exact) mass is 175 g/mol. The smallest absolute Gasteiger partial charge is 0.0984 e. The van der Waals surface area contributed by atoms with E-state index in [1.807, 2.05) is 27.7 Å². The van der Waals surface area contributed by atoms with Gasteiger partial charge in [-0.2, -0.15) is 0 Å². The molecule has 1 atom stereocenters. The molecule has 0 heterocycles. The van der Waals surface area contributed by atoms with Crippen LogP contribution in [0, 0.1) is 0 Å². The van der Waals surface area contributed by atoms with E-state index in [9.17, 15) is 0 Å². The van der Waals surface area contributed by atoms with Crippen molar-refractivity contribution in [3.05, 3.63) is 0 Å². The number of nitrogens with two attached hydrogens (primary N) is 1. The molecule has 2 N–H and O–H groups in total. The van der Waals surface area contributed by atoms with E-state index in [2.05, 4.69) is 0 Å². The van der Waals surface area contributed by atoms with Crippen molar-refractivity contribution >= 4 is 0 Å². The Labute approximate surface area is 75.2 Å². The highest BCUT2D eigenvalue weighted by molar-refractivity contribution is 4.81. The molecule has 0 aliphatic carbocycles. The lowest BCUT2D eigenvalue weighted by Crippen LogP contribution is -2.46. The second-order valence-corrected chi connectivity index (χ2v) is 3.72. The molecule has 0 amide bonds. The Morgan fingerprint density at radius 1 is 1.33 bits per heavy atom. The predicted molar refractivity (Wildman–Crippen MR) is 50.2 cm³/mol. The quantitative estimate of drug-likeness (QED) is 0.682. The fourth-order valence-corrected chi connectivity index (χ4v) is 0.963. The first-order chi connectivity index (χ1) is 5.44. The second-order valence-electron chi connectivity index (χ2n) is 3.72. The van der Waals surface area contributed by atoms with Gasteiger partial charge in [-0.15, -0.1) is 0 Å². The van der Waals surface area contributed by atoms with Gasteiger partial charge in [0.1, 0.15) is 0 Å². The zero-order valence-corrected chi connectivity index (χ0v) is 8.76. The minimum Gasteiger partial charge on any atom is -0.376 e. The molecule has 1 unspecified atom stereocenters. The van der Waals surface area contributed by atoms with Crippen molar-refractivity contribution in [3.8, 4) is 0 Å². The number of hydrogen-bond acceptors (Lipinski definition) is 3. The molecule has 3 heteroatoms. The van der Waals surface area contributed by atoms with Crippen LogP contribution >= 0.6 is 0 Å². The van der Waals surface area contributed by atoms with Gasteiger partial charge in [0.2, 0.25) is 0 Å². The van der Waals surface area contributed by atoms with Gasteiger partial charge in [-0.3, -0.25) is 0 Å². The Balaban J connectivity index is 4.13. The molecular weight excluding hydrogens is 154 g/mol. The average Bonchev–Trinajstić information content (AvgIpc) is 1.99. The van der Waals surface area contributed by atoms with Gasteiger partial charge in [-0.05, 0) is 27.7 Å². The molecule has 0 aliphatic rings. The molecule has 0 rings (SSSR count). The topological polar surface area (TPSA) is 44.5 Å². The molecule has 12 heavy (non-hydrogen) atoms. The van der Waals surface area contributed by atoms with E-state index in [0.29, 0.717) is 6.54 Å². The van der Waals surface area contributed by atoms with Crippen LogP contribution in [0.15, 0.2) is 0 Å². The highest BCUT2D eigenvalue weighted by atomic mass is 16.5. The van der Waals surface area contributed by atoms with Crippen LogP contribution in [0.2, 0.25) is 0 Å². The fraction of sp³-hybridized carbons (Fsp3) is 1.00. The van der Waals surface area contributed by atoms with Crippen molar-refractivity contribution in [2.24, 2.45) is 5.73 Å². The lowest BCUT2D eigenvalue weighted by molar-refractivity contribution is -0.122. The molecule has 0 bridgehead atoms. The van der Waals surface area contributed by atoms with Crippen molar-refractivity contribution < 1.29 is 9.47 Å². The van der Waals surface area contributed by atoms with E-state index in [-0.39, 0.29) is 17.8 Å². The van der Waals surface area contributed by atoms with Crippen molar-refractivity contribution in [1.82, 2.24) is 0 Å². The van der Waals surface area contributed by atoms with Crippen LogP contribution in [-0.4, -0.2) is 31.5 Å². The van der Waals surface area contributed by atoms with Gasteiger partial charge in [0.15, 0.2) is 0 Å². The van der Waals surface area contributed by atoms with Crippen molar-refractivity contribution in [2.75, 3.05) is 13.7 Å². The molecule has 0 fully saturated rings. The third kappa shape index (κ3) is 3.52. The SMILES string of the molecule is COC(C)(C)C(CN)OC(C)C. The maximum absolute atomic E-state index is 5.61. The summed E-state index contributed by atoms with van der Waals surface area (Å²) in [6.45, 7) is 8.43. The van der Waals surface area contributed by atoms with Gasteiger partial charge in [-0.1, -0.05) is 0 Å². The summed E-state index contributed by atoms with van der Waals surface area (Å²) in [6.07, 6.45) is 0.149. The summed E-state index contributed by atoms with van der Waals surface area (Å²) in [5, 5.41) is 0. The van der Waals surface area contributed by atoms with Gasteiger partial charge in [0.25, 0.3) is 0 Å². The van der Waals surface area contributed by atoms with Crippen LogP contribution in [0.4, 0.5) is 0 Å². The van der Waals surface area contributed by atoms with Gasteiger partial charge < -0.3 is 15.2 Å². The van der Waals surface area contributed by atoms with Crippen LogP contribution in [0.1, 0.15) is 27.7 Å². The summed E-state index contributed by atoms with van der Waals surface area (Å²) in [7, 11) is 1.67. The zero-order valence-electron chi connectivity index (χ0n) is 8.76. The van der Waals surface area contributed by atoms with Gasteiger partial charge in [-0.25, -0.2) is 0 Å². The highest BCUT2D eigenvalue weighted by Crippen LogP contribution is 2.17. The number of methoxy groups -OCH3 is 1. The molecule has 0 saturated carbocycles. The lowest BCUT2D eigenvalue weighted by Gasteiger charge is -2.33. The zero-order chi connectivity index (χ0) is 9.78. The Morgan fingerprint density at radius 3 is 2.08 bits per heavy atom. The predicted octanol–water partition coefficient (Wildman–Crippen LogP) is 1.16. The number of hydrogen-bond donors (Lipinski definition) is 1. The van der Waals surface area contributed by atoms with Gasteiger partial charge in [0, 0.05) is 13.7 Å². The minimum absolute atomic E-state index is 0.0394. The van der Waals surface area contributed by atoms with E-state index in [1.54, 1.807) is 7.11 Å². The number of rotatable bonds is 5. The van der Waals surface area contributed by atoms with E-state index in [0.717, 1.165) is 0 Å². The summed E-state index contributed by atoms with van der Waals surface area (Å²) in [4.78, 5) is 0. The molecule has 0 aromatic heterocycles. The summed E-state index contributed by atoms with van der Waals surface area (Å²) >= 11 is 0. The second kappa shape index (κ2) is 4.80. The normalized spacial score (nSPS) is 15.2. The first-order valence-electron chi connectivity index (χ1n) is 4.34. The third-order valence-corrected chi connectivity index (χ3v) is 1.95. The molecular formula is C9H21NO2. The highest BCUT2D eigenvalue weighted by Gasteiger charge is 2.29. The first-order valence-corrected chi connectivity index (χ1v) is 4.34. The van der Waals surface area contributed by atoms with Crippen molar-refractivity contribution in [3.63, 3.8) is 0 Å². The molecule has 0 aliphatic heterocycles. The number of ether oxygens (including phenoxy) is 2. The van der Waals surface area contributed by atoms with E-state index >= 15 is 0 Å². The molecule has 0 spiro atoms. The van der Waals surface area contributed by atoms with Gasteiger partial charge in [0.05, 0.1) is 17.8 Å². The summed E-state index contributed by atoms with van der Waals surface area (Å²) in [6, 6.07) is 0. The van der Waals surface area contributed by atoms with Crippen LogP contribution in [0.3, 0.4) is 0 Å². The summed E-state index contributed by atoms with van der Waals surface area (Å²) in [5.41, 5.74) is 5.27. The Hall–Kier alpha value is -0.120. The van der Waals surface area contributed by atoms with Crippen molar-refractivity contribution in [1.29, 1.82) is 0 Å². The molecule has 0 radical (unpaired) electrons. The molecule has 0 aromatic carbocycles. The van der Waals surface area contributed by atoms with E-state index < -0.39 is 0 Å².